The van der Waals surface area contributed by atoms with E-state index in [4.69, 9.17) is 0 Å². The van der Waals surface area contributed by atoms with E-state index in [1.165, 1.54) is 6.07 Å². The molecule has 9 heteroatoms. The molecule has 1 saturated heterocycles. The van der Waals surface area contributed by atoms with Crippen molar-refractivity contribution < 1.29 is 22.8 Å². The summed E-state index contributed by atoms with van der Waals surface area (Å²) < 4.78 is 37.7. The molecule has 1 aromatic rings. The number of hydrogen-bond donors (Lipinski definition) is 3. The molecule has 1 saturated carbocycles. The van der Waals surface area contributed by atoms with Crippen LogP contribution in [-0.4, -0.2) is 29.0 Å². The zero-order chi connectivity index (χ0) is 18.2. The van der Waals surface area contributed by atoms with Gasteiger partial charge in [-0.3, -0.25) is 19.9 Å². The molecule has 1 aliphatic heterocycles. The second-order valence-electron chi connectivity index (χ2n) is 6.51. The topological polar surface area (TPSA) is 83.1 Å². The Bertz CT molecular complexity index is 658. The normalized spacial score (nSPS) is 25.2. The summed E-state index contributed by atoms with van der Waals surface area (Å²) in [6.45, 7) is 1.63. The highest BCUT2D eigenvalue weighted by Crippen LogP contribution is 2.33. The van der Waals surface area contributed by atoms with Gasteiger partial charge in [-0.25, -0.2) is 0 Å². The minimum Gasteiger partial charge on any atom is -0.347 e. The number of carbonyl (C=O) groups excluding carboxylic acids is 2. The van der Waals surface area contributed by atoms with Crippen LogP contribution in [0.4, 0.5) is 13.2 Å². The fourth-order valence-electron chi connectivity index (χ4n) is 2.80. The van der Waals surface area contributed by atoms with Crippen LogP contribution in [0.1, 0.15) is 43.5 Å². The van der Waals surface area contributed by atoms with E-state index in [0.29, 0.717) is 11.6 Å². The third-order valence-corrected chi connectivity index (χ3v) is 4.41. The Morgan fingerprint density at radius 2 is 2.08 bits per heavy atom. The summed E-state index contributed by atoms with van der Waals surface area (Å²) in [4.78, 5) is 27.9. The first-order valence-corrected chi connectivity index (χ1v) is 8.13. The largest absolute Gasteiger partial charge is 0.417 e. The molecule has 1 aliphatic carbocycles. The van der Waals surface area contributed by atoms with Gasteiger partial charge in [0.1, 0.15) is 0 Å². The average molecular weight is 356 g/mol. The van der Waals surface area contributed by atoms with Crippen LogP contribution < -0.4 is 16.0 Å². The van der Waals surface area contributed by atoms with Crippen LogP contribution in [0.2, 0.25) is 0 Å². The molecule has 1 aromatic heterocycles. The molecule has 0 radical (unpaired) electrons. The number of pyridine rings is 1. The third kappa shape index (κ3) is 4.28. The smallest absolute Gasteiger partial charge is 0.347 e. The summed E-state index contributed by atoms with van der Waals surface area (Å²) in [5, 5.41) is 8.64. The van der Waals surface area contributed by atoms with E-state index >= 15 is 0 Å². The summed E-state index contributed by atoms with van der Waals surface area (Å²) in [7, 11) is 0. The van der Waals surface area contributed by atoms with Gasteiger partial charge in [-0.15, -0.1) is 0 Å². The van der Waals surface area contributed by atoms with E-state index in [9.17, 15) is 22.8 Å². The van der Waals surface area contributed by atoms with Crippen molar-refractivity contribution in [3.05, 3.63) is 29.6 Å². The molecule has 0 aromatic carbocycles. The molecule has 2 aliphatic rings. The summed E-state index contributed by atoms with van der Waals surface area (Å²) in [5.74, 6) is -0.195. The van der Waals surface area contributed by atoms with Gasteiger partial charge in [0.25, 0.3) is 0 Å². The molecule has 25 heavy (non-hydrogen) atoms. The molecule has 6 nitrogen and oxygen atoms in total. The van der Waals surface area contributed by atoms with Crippen LogP contribution in [0.15, 0.2) is 18.3 Å². The number of alkyl halides is 3. The predicted molar refractivity (Wildman–Crippen MR) is 82.0 cm³/mol. The van der Waals surface area contributed by atoms with E-state index < -0.39 is 23.8 Å². The van der Waals surface area contributed by atoms with Crippen molar-refractivity contribution in [2.24, 2.45) is 5.92 Å². The third-order valence-electron chi connectivity index (χ3n) is 4.41. The minimum atomic E-state index is -4.45. The number of hydrogen-bond acceptors (Lipinski definition) is 4. The Morgan fingerprint density at radius 1 is 1.36 bits per heavy atom. The Balaban J connectivity index is 1.60. The van der Waals surface area contributed by atoms with E-state index in [2.05, 4.69) is 20.9 Å². The highest BCUT2D eigenvalue weighted by Gasteiger charge is 2.39. The average Bonchev–Trinajstić information content (AvgIpc) is 3.38. The molecule has 2 fully saturated rings. The fraction of sp³-hybridized carbons (Fsp3) is 0.562. The van der Waals surface area contributed by atoms with Crippen LogP contribution in [0.5, 0.6) is 0 Å². The first-order chi connectivity index (χ1) is 11.7. The second kappa shape index (κ2) is 6.62. The van der Waals surface area contributed by atoms with Crippen molar-refractivity contribution in [1.82, 2.24) is 20.9 Å². The van der Waals surface area contributed by atoms with Crippen LogP contribution in [0.25, 0.3) is 0 Å². The highest BCUT2D eigenvalue weighted by atomic mass is 19.4. The predicted octanol–water partition coefficient (Wildman–Crippen LogP) is 1.49. The maximum absolute atomic E-state index is 12.6. The molecule has 136 valence electrons. The number of halogens is 3. The van der Waals surface area contributed by atoms with Gasteiger partial charge >= 0.3 is 6.18 Å². The quantitative estimate of drug-likeness (QED) is 0.763. The van der Waals surface area contributed by atoms with Gasteiger partial charge in [0.05, 0.1) is 35.9 Å². The number of aromatic nitrogens is 1. The zero-order valence-corrected chi connectivity index (χ0v) is 13.6. The maximum atomic E-state index is 12.6. The standard InChI is InChI=1S/C16H19F3N4O2/c1-8(11-5-4-10(7-20-11)16(17,18)19)21-15(25)12-6-13(24)23-14(22-12)9-2-3-9/h4-5,7-9,12,14,22H,2-3,6H2,1H3,(H,21,25)(H,23,24). The number of rotatable bonds is 4. The van der Waals surface area contributed by atoms with Gasteiger partial charge in [0.15, 0.2) is 0 Å². The Hall–Kier alpha value is -2.16. The fourth-order valence-corrected chi connectivity index (χ4v) is 2.80. The molecule has 2 heterocycles. The van der Waals surface area contributed by atoms with Gasteiger partial charge in [0.2, 0.25) is 11.8 Å². The van der Waals surface area contributed by atoms with Crippen LogP contribution >= 0.6 is 0 Å². The lowest BCUT2D eigenvalue weighted by molar-refractivity contribution is -0.137. The summed E-state index contributed by atoms with van der Waals surface area (Å²) in [6, 6.07) is 0.944. The second-order valence-corrected chi connectivity index (χ2v) is 6.51. The van der Waals surface area contributed by atoms with Crippen molar-refractivity contribution in [2.75, 3.05) is 0 Å². The summed E-state index contributed by atoms with van der Waals surface area (Å²) >= 11 is 0. The minimum absolute atomic E-state index is 0.0300. The molecule has 2 amide bonds. The highest BCUT2D eigenvalue weighted by molar-refractivity contribution is 5.89. The lowest BCUT2D eigenvalue weighted by Gasteiger charge is -2.31. The van der Waals surface area contributed by atoms with Gasteiger partial charge in [-0.05, 0) is 37.8 Å². The van der Waals surface area contributed by atoms with Crippen molar-refractivity contribution in [2.45, 2.75) is 50.6 Å². The zero-order valence-electron chi connectivity index (χ0n) is 13.6. The van der Waals surface area contributed by atoms with Crippen molar-refractivity contribution >= 4 is 11.8 Å². The van der Waals surface area contributed by atoms with E-state index in [1.54, 1.807) is 6.92 Å². The van der Waals surface area contributed by atoms with E-state index in [0.717, 1.165) is 25.1 Å². The van der Waals surface area contributed by atoms with Crippen molar-refractivity contribution in [1.29, 1.82) is 0 Å². The van der Waals surface area contributed by atoms with Gasteiger partial charge in [-0.1, -0.05) is 0 Å². The molecule has 3 atom stereocenters. The molecule has 0 bridgehead atoms. The lowest BCUT2D eigenvalue weighted by Crippen LogP contribution is -2.61. The SMILES string of the molecule is CC(NC(=O)C1CC(=O)NC(C2CC2)N1)c1ccc(C(F)(F)F)cn1. The Kier molecular flexibility index (Phi) is 4.68. The molecular weight excluding hydrogens is 337 g/mol. The maximum Gasteiger partial charge on any atom is 0.417 e. The molecule has 3 rings (SSSR count). The number of nitrogens with zero attached hydrogens (tertiary/aromatic N) is 1. The van der Waals surface area contributed by atoms with E-state index in [1.807, 2.05) is 0 Å². The summed E-state index contributed by atoms with van der Waals surface area (Å²) in [6.07, 6.45) is -1.85. The molecular formula is C16H19F3N4O2. The van der Waals surface area contributed by atoms with Crippen molar-refractivity contribution in [3.8, 4) is 0 Å². The Labute approximate surface area is 142 Å². The number of amides is 2. The van der Waals surface area contributed by atoms with Gasteiger partial charge < -0.3 is 10.6 Å². The van der Waals surface area contributed by atoms with Crippen LogP contribution in [0, 0.1) is 5.92 Å². The Morgan fingerprint density at radius 3 is 2.64 bits per heavy atom. The molecule has 3 N–H and O–H groups in total. The number of carbonyl (C=O) groups is 2. The summed E-state index contributed by atoms with van der Waals surface area (Å²) in [5.41, 5.74) is -0.520. The first kappa shape index (κ1) is 17.7. The number of nitrogens with one attached hydrogen (secondary N) is 3. The molecule has 3 unspecified atom stereocenters. The molecule has 0 spiro atoms. The van der Waals surface area contributed by atoms with E-state index in [-0.39, 0.29) is 24.4 Å². The van der Waals surface area contributed by atoms with Crippen LogP contribution in [0.3, 0.4) is 0 Å². The van der Waals surface area contributed by atoms with Gasteiger partial charge in [-0.2, -0.15) is 13.2 Å². The monoisotopic (exact) mass is 356 g/mol. The lowest BCUT2D eigenvalue weighted by atomic mass is 10.1. The van der Waals surface area contributed by atoms with Crippen LogP contribution in [-0.2, 0) is 15.8 Å². The van der Waals surface area contributed by atoms with Gasteiger partial charge in [0, 0.05) is 6.20 Å². The first-order valence-electron chi connectivity index (χ1n) is 8.13. The van der Waals surface area contributed by atoms with Crippen molar-refractivity contribution in [3.63, 3.8) is 0 Å².